The van der Waals surface area contributed by atoms with Gasteiger partial charge in [0, 0.05) is 28.8 Å². The Morgan fingerprint density at radius 1 is 1.29 bits per heavy atom. The lowest BCUT2D eigenvalue weighted by Crippen LogP contribution is -2.35. The lowest BCUT2D eigenvalue weighted by Gasteiger charge is -2.26. The molecule has 1 amide bonds. The number of halogens is 2. The minimum absolute atomic E-state index is 0.00486. The van der Waals surface area contributed by atoms with Crippen LogP contribution in [-0.4, -0.2) is 30.2 Å². The Morgan fingerprint density at radius 3 is 2.71 bits per heavy atom. The van der Waals surface area contributed by atoms with Gasteiger partial charge in [-0.2, -0.15) is 4.31 Å². The molecule has 1 aromatic heterocycles. The smallest absolute Gasteiger partial charge is 0.244 e. The van der Waals surface area contributed by atoms with Crippen LogP contribution in [-0.2, 0) is 27.8 Å². The van der Waals surface area contributed by atoms with Crippen LogP contribution in [0.15, 0.2) is 17.0 Å². The van der Waals surface area contributed by atoms with Gasteiger partial charge in [-0.25, -0.2) is 13.4 Å². The quantitative estimate of drug-likeness (QED) is 0.740. The molecule has 1 aliphatic heterocycles. The number of fused-ring (bicyclic) bond motifs is 1. The molecule has 10 heteroatoms. The van der Waals surface area contributed by atoms with E-state index < -0.39 is 10.0 Å². The summed E-state index contributed by atoms with van der Waals surface area (Å²) in [4.78, 5) is 17.5. The summed E-state index contributed by atoms with van der Waals surface area (Å²) in [6.45, 7) is 2.27. The van der Waals surface area contributed by atoms with Crippen LogP contribution in [0.1, 0.15) is 35.4 Å². The molecule has 1 fully saturated rings. The van der Waals surface area contributed by atoms with Crippen LogP contribution >= 0.6 is 34.5 Å². The second kappa shape index (κ2) is 7.57. The lowest BCUT2D eigenvalue weighted by atomic mass is 9.85. The Morgan fingerprint density at radius 2 is 2.04 bits per heavy atom. The maximum absolute atomic E-state index is 13.1. The molecule has 1 saturated carbocycles. The third-order valence-corrected chi connectivity index (χ3v) is 8.95. The predicted octanol–water partition coefficient (Wildman–Crippen LogP) is 4.24. The van der Waals surface area contributed by atoms with Crippen LogP contribution in [0.5, 0.6) is 0 Å². The number of rotatable bonds is 4. The van der Waals surface area contributed by atoms with Crippen molar-refractivity contribution in [3.8, 4) is 0 Å². The molecule has 6 nitrogen and oxygen atoms in total. The summed E-state index contributed by atoms with van der Waals surface area (Å²) >= 11 is 13.5. The number of carbonyl (C=O) groups is 1. The first kappa shape index (κ1) is 20.1. The van der Waals surface area contributed by atoms with Gasteiger partial charge in [0.15, 0.2) is 5.13 Å². The third kappa shape index (κ3) is 3.68. The number of hydrogen-bond acceptors (Lipinski definition) is 5. The second-order valence-corrected chi connectivity index (χ2v) is 10.9. The van der Waals surface area contributed by atoms with Crippen molar-refractivity contribution in [1.82, 2.24) is 9.29 Å². The molecule has 0 bridgehead atoms. The van der Waals surface area contributed by atoms with Crippen molar-refractivity contribution in [1.29, 1.82) is 0 Å². The molecule has 2 aliphatic rings. The molecule has 4 rings (SSSR count). The average molecular weight is 460 g/mol. The van der Waals surface area contributed by atoms with Crippen LogP contribution < -0.4 is 5.32 Å². The predicted molar refractivity (Wildman–Crippen MR) is 111 cm³/mol. The summed E-state index contributed by atoms with van der Waals surface area (Å²) in [5.74, 6) is 0.0818. The SMILES string of the molecule is Cc1cc(S(=O)(=O)N2CCc3nc(NC(=O)C4CCC4)sc3C2)c(Cl)cc1Cl. The molecule has 0 radical (unpaired) electrons. The van der Waals surface area contributed by atoms with Crippen LogP contribution in [0.2, 0.25) is 10.0 Å². The highest BCUT2D eigenvalue weighted by atomic mass is 35.5. The van der Waals surface area contributed by atoms with Gasteiger partial charge in [-0.15, -0.1) is 11.3 Å². The molecule has 150 valence electrons. The minimum Gasteiger partial charge on any atom is -0.302 e. The van der Waals surface area contributed by atoms with Gasteiger partial charge >= 0.3 is 0 Å². The number of nitrogens with one attached hydrogen (secondary N) is 1. The number of thiazole rings is 1. The molecule has 1 aromatic carbocycles. The van der Waals surface area contributed by atoms with Gasteiger partial charge in [0.05, 0.1) is 17.3 Å². The highest BCUT2D eigenvalue weighted by Gasteiger charge is 2.33. The van der Waals surface area contributed by atoms with E-state index in [0.717, 1.165) is 29.8 Å². The summed E-state index contributed by atoms with van der Waals surface area (Å²) in [6.07, 6.45) is 3.43. The fourth-order valence-corrected chi connectivity index (χ4v) is 6.60. The zero-order valence-corrected chi connectivity index (χ0v) is 18.3. The molecule has 2 aromatic rings. The molecule has 0 spiro atoms. The molecular formula is C18H19Cl2N3O3S2. The minimum atomic E-state index is -3.76. The normalized spacial score (nSPS) is 17.8. The number of sulfonamides is 1. The second-order valence-electron chi connectivity index (χ2n) is 7.13. The van der Waals surface area contributed by atoms with Crippen molar-refractivity contribution in [3.05, 3.63) is 38.3 Å². The fraction of sp³-hybridized carbons (Fsp3) is 0.444. The van der Waals surface area contributed by atoms with Crippen LogP contribution in [0.3, 0.4) is 0 Å². The molecular weight excluding hydrogens is 441 g/mol. The number of amides is 1. The van der Waals surface area contributed by atoms with Crippen molar-refractivity contribution in [3.63, 3.8) is 0 Å². The molecule has 1 aliphatic carbocycles. The van der Waals surface area contributed by atoms with E-state index in [0.29, 0.717) is 28.7 Å². The lowest BCUT2D eigenvalue weighted by molar-refractivity contribution is -0.122. The molecule has 1 N–H and O–H groups in total. The van der Waals surface area contributed by atoms with Gasteiger partial charge in [0.1, 0.15) is 4.90 Å². The van der Waals surface area contributed by atoms with E-state index in [4.69, 9.17) is 23.2 Å². The molecule has 0 atom stereocenters. The number of anilines is 1. The number of nitrogens with zero attached hydrogens (tertiary/aromatic N) is 2. The van der Waals surface area contributed by atoms with E-state index in [2.05, 4.69) is 10.3 Å². The summed E-state index contributed by atoms with van der Waals surface area (Å²) in [6, 6.07) is 2.97. The topological polar surface area (TPSA) is 79.4 Å². The van der Waals surface area contributed by atoms with E-state index in [9.17, 15) is 13.2 Å². The van der Waals surface area contributed by atoms with Crippen LogP contribution in [0.4, 0.5) is 5.13 Å². The maximum Gasteiger partial charge on any atom is 0.244 e. The summed E-state index contributed by atoms with van der Waals surface area (Å²) in [5.41, 5.74) is 1.50. The Labute approximate surface area is 177 Å². The Balaban J connectivity index is 1.55. The van der Waals surface area contributed by atoms with Gasteiger partial charge in [-0.1, -0.05) is 29.6 Å². The monoisotopic (exact) mass is 459 g/mol. The van der Waals surface area contributed by atoms with E-state index in [1.807, 2.05) is 0 Å². The van der Waals surface area contributed by atoms with E-state index in [-0.39, 0.29) is 28.3 Å². The third-order valence-electron chi connectivity index (χ3n) is 5.23. The Kier molecular flexibility index (Phi) is 5.43. The molecule has 0 saturated heterocycles. The zero-order chi connectivity index (χ0) is 20.1. The maximum atomic E-state index is 13.1. The van der Waals surface area contributed by atoms with Crippen LogP contribution in [0.25, 0.3) is 0 Å². The summed E-state index contributed by atoms with van der Waals surface area (Å²) in [5, 5.41) is 3.96. The number of aryl methyl sites for hydroxylation is 1. The highest BCUT2D eigenvalue weighted by molar-refractivity contribution is 7.89. The molecule has 28 heavy (non-hydrogen) atoms. The van der Waals surface area contributed by atoms with Crippen molar-refractivity contribution >= 4 is 55.6 Å². The van der Waals surface area contributed by atoms with Gasteiger partial charge in [-0.05, 0) is 37.5 Å². The average Bonchev–Trinajstić information content (AvgIpc) is 2.97. The number of benzene rings is 1. The number of carbonyl (C=O) groups excluding carboxylic acids is 1. The van der Waals surface area contributed by atoms with Crippen molar-refractivity contribution in [2.45, 2.75) is 44.0 Å². The first-order valence-corrected chi connectivity index (χ1v) is 12.0. The van der Waals surface area contributed by atoms with Gasteiger partial charge in [0.25, 0.3) is 0 Å². The van der Waals surface area contributed by atoms with Crippen molar-refractivity contribution in [2.75, 3.05) is 11.9 Å². The van der Waals surface area contributed by atoms with Gasteiger partial charge in [0.2, 0.25) is 15.9 Å². The van der Waals surface area contributed by atoms with E-state index in [1.54, 1.807) is 6.92 Å². The van der Waals surface area contributed by atoms with Crippen molar-refractivity contribution < 1.29 is 13.2 Å². The summed E-state index contributed by atoms with van der Waals surface area (Å²) in [7, 11) is -3.76. The fourth-order valence-electron chi connectivity index (χ4n) is 3.28. The largest absolute Gasteiger partial charge is 0.302 e. The van der Waals surface area contributed by atoms with Crippen molar-refractivity contribution in [2.24, 2.45) is 5.92 Å². The summed E-state index contributed by atoms with van der Waals surface area (Å²) < 4.78 is 27.6. The first-order chi connectivity index (χ1) is 13.3. The molecule has 0 unspecified atom stereocenters. The Bertz CT molecular complexity index is 1050. The zero-order valence-electron chi connectivity index (χ0n) is 15.2. The van der Waals surface area contributed by atoms with Gasteiger partial charge in [-0.3, -0.25) is 4.79 Å². The van der Waals surface area contributed by atoms with E-state index in [1.165, 1.54) is 27.8 Å². The van der Waals surface area contributed by atoms with Gasteiger partial charge < -0.3 is 5.32 Å². The Hall–Kier alpha value is -1.19. The van der Waals surface area contributed by atoms with Crippen LogP contribution in [0, 0.1) is 12.8 Å². The standard InChI is InChI=1S/C18H19Cl2N3O3S2/c1-10-7-16(13(20)8-12(10)19)28(25,26)23-6-5-14-15(9-23)27-18(21-14)22-17(24)11-3-2-4-11/h7-8,11H,2-6,9H2,1H3,(H,21,22,24). The highest BCUT2D eigenvalue weighted by Crippen LogP contribution is 2.35. The van der Waals surface area contributed by atoms with E-state index >= 15 is 0 Å². The number of hydrogen-bond donors (Lipinski definition) is 1. The molecule has 2 heterocycles. The first-order valence-electron chi connectivity index (χ1n) is 9.01. The number of aromatic nitrogens is 1.